The van der Waals surface area contributed by atoms with Gasteiger partial charge < -0.3 is 24.4 Å². The SMILES string of the molecule is CC(C)(OC(=O)N1C2CNC[C@@H]1C(C(=O)N(CCc1cccc(F)c1F)C1CC1)=C(c1ccc(OCCOc3ccc(Br)cc3)cc1)C2)C(Cl)(Cl)Cl. The first-order valence-corrected chi connectivity index (χ1v) is 19.0. The molecular weight excluding hydrogens is 803 g/mol. The molecule has 3 aromatic carbocycles. The second kappa shape index (κ2) is 16.1. The van der Waals surface area contributed by atoms with Crippen LogP contribution in [0.4, 0.5) is 13.6 Å². The zero-order valence-corrected chi connectivity index (χ0v) is 32.5. The summed E-state index contributed by atoms with van der Waals surface area (Å²) in [5, 5.41) is 3.37. The number of ether oxygens (including phenoxy) is 3. The Morgan fingerprint density at radius 2 is 1.58 bits per heavy atom. The number of alkyl halides is 3. The second-order valence-electron chi connectivity index (χ2n) is 13.6. The van der Waals surface area contributed by atoms with E-state index in [1.54, 1.807) is 9.80 Å². The van der Waals surface area contributed by atoms with Crippen molar-refractivity contribution in [2.45, 2.75) is 67.0 Å². The highest BCUT2D eigenvalue weighted by Crippen LogP contribution is 2.43. The van der Waals surface area contributed by atoms with E-state index in [0.29, 0.717) is 37.5 Å². The van der Waals surface area contributed by atoms with Gasteiger partial charge >= 0.3 is 6.09 Å². The number of carbonyl (C=O) groups is 2. The smallest absolute Gasteiger partial charge is 0.411 e. The number of amides is 2. The van der Waals surface area contributed by atoms with E-state index in [1.807, 2.05) is 48.5 Å². The molecule has 2 bridgehead atoms. The molecule has 2 fully saturated rings. The van der Waals surface area contributed by atoms with Crippen molar-refractivity contribution in [3.8, 4) is 11.5 Å². The predicted molar refractivity (Wildman–Crippen MR) is 201 cm³/mol. The monoisotopic (exact) mass is 839 g/mol. The van der Waals surface area contributed by atoms with Gasteiger partial charge in [-0.1, -0.05) is 75.0 Å². The minimum absolute atomic E-state index is 0.0637. The van der Waals surface area contributed by atoms with Crippen LogP contribution in [0.1, 0.15) is 44.2 Å². The largest absolute Gasteiger partial charge is 0.490 e. The fraction of sp³-hybridized carbons (Fsp3) is 0.421. The van der Waals surface area contributed by atoms with Gasteiger partial charge in [-0.3, -0.25) is 9.69 Å². The maximum Gasteiger partial charge on any atom is 0.411 e. The van der Waals surface area contributed by atoms with Crippen LogP contribution < -0.4 is 14.8 Å². The van der Waals surface area contributed by atoms with Crippen LogP contribution in [-0.4, -0.2) is 82.2 Å². The normalized spacial score (nSPS) is 19.0. The highest BCUT2D eigenvalue weighted by atomic mass is 79.9. The molecule has 6 rings (SSSR count). The number of fused-ring (bicyclic) bond motifs is 2. The van der Waals surface area contributed by atoms with E-state index in [4.69, 9.17) is 49.0 Å². The first-order valence-electron chi connectivity index (χ1n) is 17.1. The van der Waals surface area contributed by atoms with Gasteiger partial charge in [-0.25, -0.2) is 13.6 Å². The first kappa shape index (κ1) is 38.6. The van der Waals surface area contributed by atoms with Crippen molar-refractivity contribution in [1.29, 1.82) is 0 Å². The van der Waals surface area contributed by atoms with Crippen LogP contribution in [-0.2, 0) is 16.0 Å². The van der Waals surface area contributed by atoms with Crippen LogP contribution in [0.3, 0.4) is 0 Å². The predicted octanol–water partition coefficient (Wildman–Crippen LogP) is 8.50. The maximum absolute atomic E-state index is 14.8. The quantitative estimate of drug-likeness (QED) is 0.146. The van der Waals surface area contributed by atoms with E-state index in [-0.39, 0.29) is 43.1 Å². The molecule has 8 nitrogen and oxygen atoms in total. The molecular formula is C38H39BrCl3F2N3O5. The summed E-state index contributed by atoms with van der Waals surface area (Å²) in [5.41, 5.74) is 0.737. The third-order valence-corrected chi connectivity index (χ3v) is 11.4. The van der Waals surface area contributed by atoms with Gasteiger partial charge in [0.05, 0.1) is 12.1 Å². The summed E-state index contributed by atoms with van der Waals surface area (Å²) >= 11 is 21.9. The zero-order chi connectivity index (χ0) is 37.2. The average Bonchev–Trinajstić information content (AvgIpc) is 3.94. The molecule has 2 atom stereocenters. The summed E-state index contributed by atoms with van der Waals surface area (Å²) in [5.74, 6) is -0.765. The molecule has 14 heteroatoms. The van der Waals surface area contributed by atoms with E-state index in [1.165, 1.54) is 26.0 Å². The van der Waals surface area contributed by atoms with Gasteiger partial charge in [-0.2, -0.15) is 0 Å². The number of halogens is 6. The third-order valence-electron chi connectivity index (χ3n) is 9.55. The number of hydrogen-bond donors (Lipinski definition) is 1. The molecule has 2 heterocycles. The van der Waals surface area contributed by atoms with E-state index >= 15 is 0 Å². The second-order valence-corrected chi connectivity index (χ2v) is 16.8. The molecule has 2 aliphatic heterocycles. The molecule has 1 saturated heterocycles. The first-order chi connectivity index (χ1) is 24.7. The Hall–Kier alpha value is -3.09. The minimum atomic E-state index is -1.91. The number of nitrogens with zero attached hydrogens (tertiary/aromatic N) is 2. The number of nitrogens with one attached hydrogen (secondary N) is 1. The summed E-state index contributed by atoms with van der Waals surface area (Å²) in [4.78, 5) is 32.0. The summed E-state index contributed by atoms with van der Waals surface area (Å²) in [6.45, 7) is 4.60. The van der Waals surface area contributed by atoms with Gasteiger partial charge in [-0.15, -0.1) is 0 Å². The van der Waals surface area contributed by atoms with Crippen molar-refractivity contribution in [2.24, 2.45) is 0 Å². The van der Waals surface area contributed by atoms with Crippen LogP contribution in [0.2, 0.25) is 0 Å². The zero-order valence-electron chi connectivity index (χ0n) is 28.7. The molecule has 278 valence electrons. The summed E-state index contributed by atoms with van der Waals surface area (Å²) in [7, 11) is 0. The van der Waals surface area contributed by atoms with Gasteiger partial charge in [0.25, 0.3) is 5.91 Å². The topological polar surface area (TPSA) is 80.3 Å². The van der Waals surface area contributed by atoms with Crippen molar-refractivity contribution in [2.75, 3.05) is 32.8 Å². The number of rotatable bonds is 12. The minimum Gasteiger partial charge on any atom is -0.490 e. The van der Waals surface area contributed by atoms with Crippen LogP contribution in [0.25, 0.3) is 5.57 Å². The van der Waals surface area contributed by atoms with Crippen molar-refractivity contribution in [3.05, 3.63) is 99.5 Å². The molecule has 1 saturated carbocycles. The molecule has 2 amide bonds. The van der Waals surface area contributed by atoms with Crippen molar-refractivity contribution >= 4 is 68.3 Å². The Kier molecular flexibility index (Phi) is 12.0. The van der Waals surface area contributed by atoms with Crippen molar-refractivity contribution in [1.82, 2.24) is 15.1 Å². The molecule has 3 aliphatic rings. The molecule has 1 N–H and O–H groups in total. The fourth-order valence-corrected chi connectivity index (χ4v) is 6.90. The Balaban J connectivity index is 1.28. The van der Waals surface area contributed by atoms with E-state index in [2.05, 4.69) is 21.2 Å². The lowest BCUT2D eigenvalue weighted by atomic mass is 9.82. The van der Waals surface area contributed by atoms with Crippen molar-refractivity contribution < 1.29 is 32.6 Å². The number of piperazine rings is 1. The van der Waals surface area contributed by atoms with Gasteiger partial charge in [0, 0.05) is 35.7 Å². The lowest BCUT2D eigenvalue weighted by Crippen LogP contribution is -2.64. The molecule has 0 radical (unpaired) electrons. The number of carbonyl (C=O) groups excluding carboxylic acids is 2. The number of hydrogen-bond acceptors (Lipinski definition) is 6. The molecule has 1 aliphatic carbocycles. The Bertz CT molecular complexity index is 1800. The van der Waals surface area contributed by atoms with E-state index in [0.717, 1.165) is 40.3 Å². The molecule has 1 unspecified atom stereocenters. The fourth-order valence-electron chi connectivity index (χ4n) is 6.52. The molecule has 0 aromatic heterocycles. The van der Waals surface area contributed by atoms with Crippen LogP contribution in [0.5, 0.6) is 11.5 Å². The highest BCUT2D eigenvalue weighted by Gasteiger charge is 2.50. The van der Waals surface area contributed by atoms with Crippen molar-refractivity contribution in [3.63, 3.8) is 0 Å². The Labute approximate surface area is 325 Å². The average molecular weight is 842 g/mol. The van der Waals surface area contributed by atoms with Gasteiger partial charge in [0.2, 0.25) is 3.79 Å². The van der Waals surface area contributed by atoms with Gasteiger partial charge in [0.1, 0.15) is 24.7 Å². The van der Waals surface area contributed by atoms with Crippen LogP contribution in [0, 0.1) is 11.6 Å². The molecule has 0 spiro atoms. The lowest BCUT2D eigenvalue weighted by molar-refractivity contribution is -0.128. The highest BCUT2D eigenvalue weighted by molar-refractivity contribution is 9.10. The maximum atomic E-state index is 14.8. The van der Waals surface area contributed by atoms with Gasteiger partial charge in [0.15, 0.2) is 17.2 Å². The van der Waals surface area contributed by atoms with Gasteiger partial charge in [-0.05, 0) is 98.7 Å². The summed E-state index contributed by atoms with van der Waals surface area (Å²) < 4.78 is 45.3. The molecule has 52 heavy (non-hydrogen) atoms. The van der Waals surface area contributed by atoms with E-state index in [9.17, 15) is 18.4 Å². The standard InChI is InChI=1S/C38H39BrCl3F2N3O5/c1-37(2,38(40,41)42)52-36(49)47-27-20-30(23-6-12-28(13-7-23)50-18-19-51-29-14-8-25(39)9-15-29)33(32(47)22-45-21-27)35(48)46(26-10-11-26)17-16-24-4-3-5-31(43)34(24)44/h3-9,12-15,26-27,32,45H,10-11,16-22H2,1-2H3/t27?,32-/m1/s1. The third kappa shape index (κ3) is 8.81. The molecule has 3 aromatic rings. The number of benzene rings is 3. The van der Waals surface area contributed by atoms with Crippen LogP contribution >= 0.6 is 50.7 Å². The lowest BCUT2D eigenvalue weighted by Gasteiger charge is -2.48. The van der Waals surface area contributed by atoms with E-state index < -0.39 is 33.2 Å². The summed E-state index contributed by atoms with van der Waals surface area (Å²) in [6.07, 6.45) is 1.33. The van der Waals surface area contributed by atoms with Crippen LogP contribution in [0.15, 0.2) is 76.8 Å². The Morgan fingerprint density at radius 1 is 0.942 bits per heavy atom. The summed E-state index contributed by atoms with van der Waals surface area (Å²) in [6, 6.07) is 17.9. The Morgan fingerprint density at radius 3 is 2.19 bits per heavy atom.